The number of amides is 2. The number of pyridine rings is 2. The Balaban J connectivity index is 1.47. The molecule has 2 amide bonds. The molecule has 0 unspecified atom stereocenters. The van der Waals surface area contributed by atoms with Gasteiger partial charge >= 0.3 is 0 Å². The number of nitrogens with zero attached hydrogens (tertiary/aromatic N) is 2. The van der Waals surface area contributed by atoms with Gasteiger partial charge < -0.3 is 10.6 Å². The van der Waals surface area contributed by atoms with Crippen molar-refractivity contribution in [2.24, 2.45) is 0 Å². The van der Waals surface area contributed by atoms with Gasteiger partial charge in [-0.05, 0) is 36.8 Å². The topological polar surface area (TPSA) is 84.0 Å². The zero-order valence-corrected chi connectivity index (χ0v) is 16.4. The monoisotopic (exact) mass is 396 g/mol. The summed E-state index contributed by atoms with van der Waals surface area (Å²) in [5.74, 6) is -0.738. The van der Waals surface area contributed by atoms with Crippen LogP contribution in [-0.2, 0) is 6.54 Å². The predicted octanol–water partition coefficient (Wildman–Crippen LogP) is 4.12. The molecule has 0 radical (unpaired) electrons. The Bertz CT molecular complexity index is 1210. The lowest BCUT2D eigenvalue weighted by atomic mass is 10.1. The maximum atomic E-state index is 12.7. The number of hydrogen-bond donors (Lipinski definition) is 2. The van der Waals surface area contributed by atoms with Crippen molar-refractivity contribution in [2.45, 2.75) is 13.5 Å². The fraction of sp³-hybridized carbons (Fsp3) is 0.0833. The van der Waals surface area contributed by atoms with E-state index in [1.54, 1.807) is 30.5 Å². The number of anilines is 1. The first-order valence-corrected chi connectivity index (χ1v) is 9.56. The lowest BCUT2D eigenvalue weighted by Gasteiger charge is -2.09. The van der Waals surface area contributed by atoms with Crippen LogP contribution in [-0.4, -0.2) is 21.8 Å². The summed E-state index contributed by atoms with van der Waals surface area (Å²) >= 11 is 0. The average molecular weight is 396 g/mol. The molecule has 4 rings (SSSR count). The molecule has 2 aromatic carbocycles. The van der Waals surface area contributed by atoms with Crippen molar-refractivity contribution in [2.75, 3.05) is 5.32 Å². The molecule has 0 aliphatic heterocycles. The number of aromatic nitrogens is 2. The molecule has 2 aromatic heterocycles. The number of fused-ring (bicyclic) bond motifs is 1. The second-order valence-corrected chi connectivity index (χ2v) is 6.91. The molecule has 0 saturated carbocycles. The minimum atomic E-state index is -0.402. The van der Waals surface area contributed by atoms with Crippen molar-refractivity contribution in [1.29, 1.82) is 0 Å². The van der Waals surface area contributed by atoms with Crippen molar-refractivity contribution in [3.8, 4) is 0 Å². The summed E-state index contributed by atoms with van der Waals surface area (Å²) in [6.45, 7) is 2.40. The van der Waals surface area contributed by atoms with Gasteiger partial charge in [0.05, 0.1) is 11.2 Å². The van der Waals surface area contributed by atoms with Gasteiger partial charge in [-0.15, -0.1) is 0 Å². The lowest BCUT2D eigenvalue weighted by Crippen LogP contribution is -2.25. The molecule has 148 valence electrons. The van der Waals surface area contributed by atoms with Gasteiger partial charge in [-0.25, -0.2) is 4.98 Å². The van der Waals surface area contributed by atoms with E-state index in [2.05, 4.69) is 20.6 Å². The van der Waals surface area contributed by atoms with E-state index >= 15 is 0 Å². The maximum absolute atomic E-state index is 12.7. The molecule has 0 aliphatic rings. The van der Waals surface area contributed by atoms with Crippen molar-refractivity contribution in [3.63, 3.8) is 0 Å². The van der Waals surface area contributed by atoms with Crippen LogP contribution >= 0.6 is 0 Å². The highest BCUT2D eigenvalue weighted by Crippen LogP contribution is 2.21. The Labute approximate surface area is 174 Å². The first-order chi connectivity index (χ1) is 14.6. The van der Waals surface area contributed by atoms with Crippen molar-refractivity contribution in [1.82, 2.24) is 15.3 Å². The van der Waals surface area contributed by atoms with Gasteiger partial charge in [-0.1, -0.05) is 54.1 Å². The number of benzene rings is 2. The molecule has 0 spiro atoms. The van der Waals surface area contributed by atoms with Crippen molar-refractivity contribution in [3.05, 3.63) is 102 Å². The van der Waals surface area contributed by atoms with Crippen molar-refractivity contribution >= 4 is 28.4 Å². The van der Waals surface area contributed by atoms with Gasteiger partial charge in [0.1, 0.15) is 11.4 Å². The van der Waals surface area contributed by atoms with E-state index in [1.165, 1.54) is 0 Å². The SMILES string of the molecule is Cc1ccc(CNC(=O)c2cccc(C(=O)Nc3cccc4cccnc34)n2)cc1. The number of para-hydroxylation sites is 1. The van der Waals surface area contributed by atoms with E-state index in [1.807, 2.05) is 55.5 Å². The molecular formula is C24H20N4O2. The summed E-state index contributed by atoms with van der Waals surface area (Å²) < 4.78 is 0. The molecule has 2 N–H and O–H groups in total. The lowest BCUT2D eigenvalue weighted by molar-refractivity contribution is 0.0945. The van der Waals surface area contributed by atoms with Crippen LogP contribution in [0.4, 0.5) is 5.69 Å². The predicted molar refractivity (Wildman–Crippen MR) is 116 cm³/mol. The molecule has 0 bridgehead atoms. The number of aryl methyl sites for hydroxylation is 1. The number of nitrogens with one attached hydrogen (secondary N) is 2. The molecule has 0 saturated heterocycles. The smallest absolute Gasteiger partial charge is 0.274 e. The normalized spacial score (nSPS) is 10.6. The van der Waals surface area contributed by atoms with Gasteiger partial charge in [0.2, 0.25) is 0 Å². The quantitative estimate of drug-likeness (QED) is 0.531. The van der Waals surface area contributed by atoms with Crippen LogP contribution in [0.15, 0.2) is 79.0 Å². The standard InChI is InChI=1S/C24H20N4O2/c1-16-10-12-17(13-11-16)15-26-23(29)20-8-3-9-21(27-20)24(30)28-19-7-2-5-18-6-4-14-25-22(18)19/h2-14H,15H2,1H3,(H,26,29)(H,28,30). The largest absolute Gasteiger partial charge is 0.347 e. The number of rotatable bonds is 5. The van der Waals surface area contributed by atoms with Crippen LogP contribution in [0, 0.1) is 6.92 Å². The van der Waals surface area contributed by atoms with Crippen LogP contribution in [0.5, 0.6) is 0 Å². The fourth-order valence-corrected chi connectivity index (χ4v) is 3.06. The fourth-order valence-electron chi connectivity index (χ4n) is 3.06. The Morgan fingerprint density at radius 3 is 2.33 bits per heavy atom. The first-order valence-electron chi connectivity index (χ1n) is 9.56. The van der Waals surface area contributed by atoms with Gasteiger partial charge in [-0.2, -0.15) is 0 Å². The third kappa shape index (κ3) is 4.33. The molecule has 2 heterocycles. The summed E-state index contributed by atoms with van der Waals surface area (Å²) in [5, 5.41) is 6.59. The van der Waals surface area contributed by atoms with E-state index in [0.717, 1.165) is 16.5 Å². The molecule has 4 aromatic rings. The second kappa shape index (κ2) is 8.53. The molecule has 0 fully saturated rings. The van der Waals surface area contributed by atoms with Gasteiger partial charge in [-0.3, -0.25) is 14.6 Å². The minimum Gasteiger partial charge on any atom is -0.347 e. The van der Waals surface area contributed by atoms with E-state index in [9.17, 15) is 9.59 Å². The maximum Gasteiger partial charge on any atom is 0.274 e. The second-order valence-electron chi connectivity index (χ2n) is 6.91. The molecule has 0 atom stereocenters. The highest BCUT2D eigenvalue weighted by Gasteiger charge is 2.14. The number of hydrogen-bond acceptors (Lipinski definition) is 4. The van der Waals surface area contributed by atoms with Gasteiger partial charge in [0, 0.05) is 18.1 Å². The Kier molecular flexibility index (Phi) is 5.48. The Morgan fingerprint density at radius 2 is 1.53 bits per heavy atom. The van der Waals surface area contributed by atoms with Crippen LogP contribution in [0.3, 0.4) is 0 Å². The number of carbonyl (C=O) groups excluding carboxylic acids is 2. The van der Waals surface area contributed by atoms with Crippen LogP contribution < -0.4 is 10.6 Å². The average Bonchev–Trinajstić information content (AvgIpc) is 2.79. The molecule has 6 heteroatoms. The van der Waals surface area contributed by atoms with Crippen LogP contribution in [0.1, 0.15) is 32.1 Å². The Hall–Kier alpha value is -4.06. The zero-order valence-electron chi connectivity index (χ0n) is 16.4. The molecule has 0 aliphatic carbocycles. The van der Waals surface area contributed by atoms with Crippen molar-refractivity contribution < 1.29 is 9.59 Å². The zero-order chi connectivity index (χ0) is 20.9. The molecule has 6 nitrogen and oxygen atoms in total. The van der Waals surface area contributed by atoms with Gasteiger partial charge in [0.15, 0.2) is 0 Å². The summed E-state index contributed by atoms with van der Waals surface area (Å²) in [6.07, 6.45) is 1.68. The molecular weight excluding hydrogens is 376 g/mol. The van der Waals surface area contributed by atoms with E-state index in [-0.39, 0.29) is 17.3 Å². The first kappa shape index (κ1) is 19.3. The number of carbonyl (C=O) groups is 2. The highest BCUT2D eigenvalue weighted by atomic mass is 16.2. The summed E-state index contributed by atoms with van der Waals surface area (Å²) in [6, 6.07) is 22.0. The van der Waals surface area contributed by atoms with Crippen LogP contribution in [0.2, 0.25) is 0 Å². The summed E-state index contributed by atoms with van der Waals surface area (Å²) in [7, 11) is 0. The summed E-state index contributed by atoms with van der Waals surface area (Å²) in [5.41, 5.74) is 3.78. The third-order valence-corrected chi connectivity index (χ3v) is 4.67. The minimum absolute atomic E-state index is 0.158. The van der Waals surface area contributed by atoms with Crippen LogP contribution in [0.25, 0.3) is 10.9 Å². The Morgan fingerprint density at radius 1 is 0.833 bits per heavy atom. The van der Waals surface area contributed by atoms with E-state index in [0.29, 0.717) is 17.7 Å². The third-order valence-electron chi connectivity index (χ3n) is 4.67. The molecule has 30 heavy (non-hydrogen) atoms. The summed E-state index contributed by atoms with van der Waals surface area (Å²) in [4.78, 5) is 33.8. The van der Waals surface area contributed by atoms with E-state index in [4.69, 9.17) is 0 Å². The van der Waals surface area contributed by atoms with Gasteiger partial charge in [0.25, 0.3) is 11.8 Å². The van der Waals surface area contributed by atoms with E-state index < -0.39 is 5.91 Å². The highest BCUT2D eigenvalue weighted by molar-refractivity contribution is 6.07.